The topological polar surface area (TPSA) is 21.3 Å². The van der Waals surface area contributed by atoms with Gasteiger partial charge in [0.1, 0.15) is 11.9 Å². The predicted molar refractivity (Wildman–Crippen MR) is 89.5 cm³/mol. The summed E-state index contributed by atoms with van der Waals surface area (Å²) in [5.41, 5.74) is 2.67. The molecule has 0 aliphatic carbocycles. The molecule has 0 unspecified atom stereocenters. The van der Waals surface area contributed by atoms with Crippen molar-refractivity contribution in [2.75, 3.05) is 13.1 Å². The molecule has 2 aromatic carbocycles. The van der Waals surface area contributed by atoms with Gasteiger partial charge in [-0.1, -0.05) is 42.5 Å². The van der Waals surface area contributed by atoms with E-state index in [0.29, 0.717) is 6.10 Å². The van der Waals surface area contributed by atoms with Crippen LogP contribution in [-0.2, 0) is 6.42 Å². The molecule has 3 rings (SSSR count). The van der Waals surface area contributed by atoms with Gasteiger partial charge < -0.3 is 10.1 Å². The highest BCUT2D eigenvalue weighted by Crippen LogP contribution is 2.18. The van der Waals surface area contributed by atoms with Gasteiger partial charge in [-0.05, 0) is 55.6 Å². The third-order valence-corrected chi connectivity index (χ3v) is 3.76. The van der Waals surface area contributed by atoms with Gasteiger partial charge >= 0.3 is 0 Å². The summed E-state index contributed by atoms with van der Waals surface area (Å²) >= 11 is 0. The van der Waals surface area contributed by atoms with Gasteiger partial charge in [0, 0.05) is 0 Å². The van der Waals surface area contributed by atoms with E-state index < -0.39 is 0 Å². The van der Waals surface area contributed by atoms with Crippen molar-refractivity contribution in [2.45, 2.75) is 25.4 Å². The smallest absolute Gasteiger partial charge is 0.119 e. The van der Waals surface area contributed by atoms with Crippen LogP contribution in [-0.4, -0.2) is 19.2 Å². The largest absolute Gasteiger partial charge is 0.490 e. The molecule has 0 radical (unpaired) electrons. The van der Waals surface area contributed by atoms with E-state index in [1.807, 2.05) is 0 Å². The van der Waals surface area contributed by atoms with E-state index in [2.05, 4.69) is 59.9 Å². The summed E-state index contributed by atoms with van der Waals surface area (Å²) in [6, 6.07) is 19.1. The zero-order valence-electron chi connectivity index (χ0n) is 12.1. The summed E-state index contributed by atoms with van der Waals surface area (Å²) in [6.45, 7) is 2.13. The monoisotopic (exact) mass is 303 g/mol. The molecule has 21 heavy (non-hydrogen) atoms. The standard InChI is InChI=1S/C18H21NO.ClH/c1-2-4-15(5-3-1)14-16-6-8-17(9-7-16)20-18-10-12-19-13-11-18;/h1-9,18-19H,10-14H2;1H. The second-order valence-electron chi connectivity index (χ2n) is 5.37. The molecule has 0 aromatic heterocycles. The summed E-state index contributed by atoms with van der Waals surface area (Å²) in [7, 11) is 0. The fourth-order valence-corrected chi connectivity index (χ4v) is 2.62. The number of nitrogens with one attached hydrogen (secondary N) is 1. The molecule has 0 saturated carbocycles. The Balaban J connectivity index is 0.00000161. The molecule has 0 amide bonds. The van der Waals surface area contributed by atoms with Crippen LogP contribution in [0.3, 0.4) is 0 Å². The third-order valence-electron chi connectivity index (χ3n) is 3.76. The average Bonchev–Trinajstić information content (AvgIpc) is 2.51. The second kappa shape index (κ2) is 8.06. The van der Waals surface area contributed by atoms with Crippen LogP contribution in [0.15, 0.2) is 54.6 Å². The molecule has 1 fully saturated rings. The van der Waals surface area contributed by atoms with E-state index in [1.54, 1.807) is 0 Å². The van der Waals surface area contributed by atoms with Crippen molar-refractivity contribution in [1.29, 1.82) is 0 Å². The first-order valence-corrected chi connectivity index (χ1v) is 7.40. The molecule has 1 N–H and O–H groups in total. The minimum atomic E-state index is 0. The first kappa shape index (κ1) is 15.9. The van der Waals surface area contributed by atoms with E-state index in [-0.39, 0.29) is 12.4 Å². The molecule has 1 saturated heterocycles. The van der Waals surface area contributed by atoms with Gasteiger partial charge in [-0.15, -0.1) is 12.4 Å². The van der Waals surface area contributed by atoms with Gasteiger partial charge in [0.15, 0.2) is 0 Å². The average molecular weight is 304 g/mol. The Morgan fingerprint density at radius 3 is 2.14 bits per heavy atom. The van der Waals surface area contributed by atoms with Crippen LogP contribution >= 0.6 is 12.4 Å². The maximum Gasteiger partial charge on any atom is 0.119 e. The Bertz CT molecular complexity index is 521. The number of ether oxygens (including phenoxy) is 1. The van der Waals surface area contributed by atoms with Gasteiger partial charge in [-0.2, -0.15) is 0 Å². The lowest BCUT2D eigenvalue weighted by molar-refractivity contribution is 0.162. The van der Waals surface area contributed by atoms with Crippen molar-refractivity contribution in [3.05, 3.63) is 65.7 Å². The number of rotatable bonds is 4. The van der Waals surface area contributed by atoms with E-state index >= 15 is 0 Å². The molecule has 0 bridgehead atoms. The van der Waals surface area contributed by atoms with E-state index in [9.17, 15) is 0 Å². The SMILES string of the molecule is Cl.c1ccc(Cc2ccc(OC3CCNCC3)cc2)cc1. The van der Waals surface area contributed by atoms with Crippen LogP contribution in [0.25, 0.3) is 0 Å². The minimum Gasteiger partial charge on any atom is -0.490 e. The van der Waals surface area contributed by atoms with Crippen LogP contribution < -0.4 is 10.1 Å². The summed E-state index contributed by atoms with van der Waals surface area (Å²) in [5, 5.41) is 3.36. The van der Waals surface area contributed by atoms with Crippen molar-refractivity contribution in [1.82, 2.24) is 5.32 Å². The maximum absolute atomic E-state index is 6.02. The number of hydrogen-bond donors (Lipinski definition) is 1. The Labute approximate surface area is 132 Å². The molecule has 2 nitrogen and oxygen atoms in total. The third kappa shape index (κ3) is 4.76. The van der Waals surface area contributed by atoms with Gasteiger partial charge in [0.25, 0.3) is 0 Å². The van der Waals surface area contributed by atoms with Crippen molar-refractivity contribution in [2.24, 2.45) is 0 Å². The number of hydrogen-bond acceptors (Lipinski definition) is 2. The Hall–Kier alpha value is -1.51. The minimum absolute atomic E-state index is 0. The molecule has 1 heterocycles. The zero-order chi connectivity index (χ0) is 13.6. The normalized spacial score (nSPS) is 15.2. The van der Waals surface area contributed by atoms with Crippen LogP contribution in [0, 0.1) is 0 Å². The van der Waals surface area contributed by atoms with Crippen LogP contribution in [0.1, 0.15) is 24.0 Å². The fourth-order valence-electron chi connectivity index (χ4n) is 2.62. The van der Waals surface area contributed by atoms with E-state index in [0.717, 1.165) is 38.1 Å². The maximum atomic E-state index is 6.02. The van der Waals surface area contributed by atoms with Crippen molar-refractivity contribution < 1.29 is 4.74 Å². The van der Waals surface area contributed by atoms with Gasteiger partial charge in [-0.3, -0.25) is 0 Å². The molecular weight excluding hydrogens is 282 g/mol. The zero-order valence-corrected chi connectivity index (χ0v) is 12.9. The lowest BCUT2D eigenvalue weighted by Gasteiger charge is -2.23. The second-order valence-corrected chi connectivity index (χ2v) is 5.37. The highest BCUT2D eigenvalue weighted by molar-refractivity contribution is 5.85. The number of benzene rings is 2. The molecule has 1 aliphatic heterocycles. The van der Waals surface area contributed by atoms with Crippen molar-refractivity contribution >= 4 is 12.4 Å². The van der Waals surface area contributed by atoms with Crippen LogP contribution in [0.2, 0.25) is 0 Å². The Kier molecular flexibility index (Phi) is 6.09. The molecule has 3 heteroatoms. The number of halogens is 1. The Morgan fingerprint density at radius 1 is 0.857 bits per heavy atom. The fraction of sp³-hybridized carbons (Fsp3) is 0.333. The lowest BCUT2D eigenvalue weighted by atomic mass is 10.1. The molecule has 112 valence electrons. The summed E-state index contributed by atoms with van der Waals surface area (Å²) in [6.07, 6.45) is 3.56. The predicted octanol–water partition coefficient (Wildman–Crippen LogP) is 3.83. The van der Waals surface area contributed by atoms with Crippen LogP contribution in [0.5, 0.6) is 5.75 Å². The van der Waals surface area contributed by atoms with Crippen molar-refractivity contribution in [3.63, 3.8) is 0 Å². The summed E-state index contributed by atoms with van der Waals surface area (Å²) < 4.78 is 6.02. The highest BCUT2D eigenvalue weighted by Gasteiger charge is 2.14. The van der Waals surface area contributed by atoms with E-state index in [4.69, 9.17) is 4.74 Å². The van der Waals surface area contributed by atoms with Gasteiger partial charge in [-0.25, -0.2) is 0 Å². The molecule has 0 spiro atoms. The van der Waals surface area contributed by atoms with Gasteiger partial charge in [0.05, 0.1) is 0 Å². The summed E-state index contributed by atoms with van der Waals surface area (Å²) in [5.74, 6) is 0.994. The lowest BCUT2D eigenvalue weighted by Crippen LogP contribution is -2.34. The van der Waals surface area contributed by atoms with Gasteiger partial charge in [0.2, 0.25) is 0 Å². The molecule has 1 aliphatic rings. The van der Waals surface area contributed by atoms with Crippen LogP contribution in [0.4, 0.5) is 0 Å². The quantitative estimate of drug-likeness (QED) is 0.927. The molecular formula is C18H22ClNO. The Morgan fingerprint density at radius 2 is 1.48 bits per heavy atom. The molecule has 2 aromatic rings. The molecule has 0 atom stereocenters. The first-order chi connectivity index (χ1) is 9.90. The van der Waals surface area contributed by atoms with E-state index in [1.165, 1.54) is 11.1 Å². The number of piperidine rings is 1. The summed E-state index contributed by atoms with van der Waals surface area (Å²) in [4.78, 5) is 0. The van der Waals surface area contributed by atoms with Crippen molar-refractivity contribution in [3.8, 4) is 5.75 Å². The highest BCUT2D eigenvalue weighted by atomic mass is 35.5. The first-order valence-electron chi connectivity index (χ1n) is 7.40.